The van der Waals surface area contributed by atoms with Gasteiger partial charge >= 0.3 is 0 Å². The molecule has 9 nitrogen and oxygen atoms in total. The predicted octanol–water partition coefficient (Wildman–Crippen LogP) is 1.60. The van der Waals surface area contributed by atoms with E-state index in [4.69, 9.17) is 4.74 Å². The molecule has 1 N–H and O–H groups in total. The Balaban J connectivity index is 1.61. The molecule has 2 atom stereocenters. The van der Waals surface area contributed by atoms with Crippen molar-refractivity contribution in [2.75, 3.05) is 31.6 Å². The van der Waals surface area contributed by atoms with E-state index in [9.17, 15) is 21.6 Å². The van der Waals surface area contributed by atoms with E-state index < -0.39 is 20.0 Å². The van der Waals surface area contributed by atoms with Crippen LogP contribution in [0, 0.1) is 0 Å². The SMILES string of the molecule is CNS(=O)(=O)c1ccc2c(c1)CCN2C(=O)c1cccc(S(=O)(=O)N2CC(C)OC(C)C2)c1. The predicted molar refractivity (Wildman–Crippen MR) is 123 cm³/mol. The Morgan fingerprint density at radius 2 is 1.70 bits per heavy atom. The number of carbonyl (C=O) groups excluding carboxylic acids is 1. The highest BCUT2D eigenvalue weighted by atomic mass is 32.2. The summed E-state index contributed by atoms with van der Waals surface area (Å²) in [4.78, 5) is 15.0. The summed E-state index contributed by atoms with van der Waals surface area (Å²) in [7, 11) is -6.02. The summed E-state index contributed by atoms with van der Waals surface area (Å²) in [5, 5.41) is 0. The molecule has 33 heavy (non-hydrogen) atoms. The number of rotatable bonds is 5. The van der Waals surface area contributed by atoms with Gasteiger partial charge in [-0.3, -0.25) is 4.79 Å². The topological polar surface area (TPSA) is 113 Å². The van der Waals surface area contributed by atoms with E-state index in [-0.39, 0.29) is 46.6 Å². The van der Waals surface area contributed by atoms with Crippen molar-refractivity contribution in [3.05, 3.63) is 53.6 Å². The van der Waals surface area contributed by atoms with Crippen molar-refractivity contribution in [3.8, 4) is 0 Å². The average molecular weight is 494 g/mol. The fraction of sp³-hybridized carbons (Fsp3) is 0.409. The molecule has 2 aromatic carbocycles. The van der Waals surface area contributed by atoms with Gasteiger partial charge in [-0.1, -0.05) is 6.07 Å². The first-order chi connectivity index (χ1) is 15.5. The third-order valence-electron chi connectivity index (χ3n) is 5.88. The Bertz CT molecular complexity index is 1280. The highest BCUT2D eigenvalue weighted by molar-refractivity contribution is 7.89. The van der Waals surface area contributed by atoms with E-state index >= 15 is 0 Å². The maximum Gasteiger partial charge on any atom is 0.258 e. The number of nitrogens with one attached hydrogen (secondary N) is 1. The second kappa shape index (κ2) is 8.80. The number of fused-ring (bicyclic) bond motifs is 1. The molecule has 1 amide bonds. The molecule has 2 aliphatic heterocycles. The number of sulfonamides is 2. The van der Waals surface area contributed by atoms with Gasteiger partial charge in [-0.05, 0) is 69.3 Å². The van der Waals surface area contributed by atoms with E-state index in [1.54, 1.807) is 29.2 Å². The summed E-state index contributed by atoms with van der Waals surface area (Å²) in [6.07, 6.45) is 0.0764. The number of hydrogen-bond acceptors (Lipinski definition) is 6. The Morgan fingerprint density at radius 3 is 2.36 bits per heavy atom. The zero-order valence-corrected chi connectivity index (χ0v) is 20.3. The van der Waals surface area contributed by atoms with Crippen LogP contribution < -0.4 is 9.62 Å². The van der Waals surface area contributed by atoms with Gasteiger partial charge in [0.05, 0.1) is 22.0 Å². The maximum absolute atomic E-state index is 13.3. The molecule has 11 heteroatoms. The zero-order chi connectivity index (χ0) is 24.0. The first-order valence-electron chi connectivity index (χ1n) is 10.7. The summed E-state index contributed by atoms with van der Waals surface area (Å²) < 4.78 is 59.9. The van der Waals surface area contributed by atoms with Crippen LogP contribution in [0.15, 0.2) is 52.3 Å². The summed E-state index contributed by atoms with van der Waals surface area (Å²) in [5.41, 5.74) is 1.63. The molecule has 2 unspecified atom stereocenters. The van der Waals surface area contributed by atoms with Gasteiger partial charge < -0.3 is 9.64 Å². The molecular formula is C22H27N3O6S2. The van der Waals surface area contributed by atoms with Gasteiger partial charge in [-0.25, -0.2) is 21.6 Å². The van der Waals surface area contributed by atoms with Crippen molar-refractivity contribution in [3.63, 3.8) is 0 Å². The number of carbonyl (C=O) groups is 1. The zero-order valence-electron chi connectivity index (χ0n) is 18.7. The monoisotopic (exact) mass is 493 g/mol. The molecule has 0 radical (unpaired) electrons. The van der Waals surface area contributed by atoms with E-state index in [0.29, 0.717) is 18.7 Å². The standard InChI is InChI=1S/C22H27N3O6S2/c1-15-13-24(14-16(2)31-15)33(29,30)20-6-4-5-18(12-20)22(26)25-10-9-17-11-19(7-8-21(17)25)32(27,28)23-3/h4-8,11-12,15-16,23H,9-10,13-14H2,1-3H3. The lowest BCUT2D eigenvalue weighted by Gasteiger charge is -2.34. The molecule has 2 aromatic rings. The highest BCUT2D eigenvalue weighted by Crippen LogP contribution is 2.32. The number of ether oxygens (including phenoxy) is 1. The van der Waals surface area contributed by atoms with Gasteiger partial charge in [-0.15, -0.1) is 0 Å². The van der Waals surface area contributed by atoms with Gasteiger partial charge in [0.1, 0.15) is 0 Å². The fourth-order valence-corrected chi connectivity index (χ4v) is 6.71. The van der Waals surface area contributed by atoms with Gasteiger partial charge in [0, 0.05) is 30.9 Å². The Hall–Kier alpha value is -2.31. The molecule has 0 bridgehead atoms. The Kier molecular flexibility index (Phi) is 6.36. The van der Waals surface area contributed by atoms with Crippen LogP contribution in [-0.2, 0) is 31.2 Å². The number of amides is 1. The lowest BCUT2D eigenvalue weighted by Crippen LogP contribution is -2.48. The van der Waals surface area contributed by atoms with Crippen molar-refractivity contribution in [1.82, 2.24) is 9.03 Å². The molecule has 0 aromatic heterocycles. The molecule has 1 saturated heterocycles. The molecule has 2 heterocycles. The van der Waals surface area contributed by atoms with Crippen LogP contribution in [0.5, 0.6) is 0 Å². The second-order valence-electron chi connectivity index (χ2n) is 8.31. The van der Waals surface area contributed by atoms with E-state index in [0.717, 1.165) is 5.56 Å². The molecule has 0 saturated carbocycles. The van der Waals surface area contributed by atoms with Crippen molar-refractivity contribution in [1.29, 1.82) is 0 Å². The first kappa shape index (κ1) is 23.8. The summed E-state index contributed by atoms with van der Waals surface area (Å²) in [6.45, 7) is 4.55. The number of anilines is 1. The number of nitrogens with zero attached hydrogens (tertiary/aromatic N) is 2. The molecule has 4 rings (SSSR count). The number of morpholine rings is 1. The lowest BCUT2D eigenvalue weighted by molar-refractivity contribution is -0.0440. The molecule has 1 fully saturated rings. The summed E-state index contributed by atoms with van der Waals surface area (Å²) in [5.74, 6) is -0.335. The number of benzene rings is 2. The van der Waals surface area contributed by atoms with Crippen LogP contribution >= 0.6 is 0 Å². The van der Waals surface area contributed by atoms with Crippen LogP contribution in [0.4, 0.5) is 5.69 Å². The Morgan fingerprint density at radius 1 is 1.00 bits per heavy atom. The largest absolute Gasteiger partial charge is 0.373 e. The van der Waals surface area contributed by atoms with E-state index in [2.05, 4.69) is 4.72 Å². The first-order valence-corrected chi connectivity index (χ1v) is 13.6. The van der Waals surface area contributed by atoms with Crippen LogP contribution in [-0.4, -0.2) is 65.9 Å². The number of hydrogen-bond donors (Lipinski definition) is 1. The minimum Gasteiger partial charge on any atom is -0.373 e. The van der Waals surface area contributed by atoms with E-state index in [1.165, 1.54) is 29.6 Å². The maximum atomic E-state index is 13.3. The smallest absolute Gasteiger partial charge is 0.258 e. The molecule has 0 aliphatic carbocycles. The normalized spacial score (nSPS) is 21.7. The Labute approximate surface area is 194 Å². The minimum absolute atomic E-state index is 0.0598. The summed E-state index contributed by atoms with van der Waals surface area (Å²) in [6, 6.07) is 10.7. The highest BCUT2D eigenvalue weighted by Gasteiger charge is 2.33. The molecule has 178 valence electrons. The average Bonchev–Trinajstić information content (AvgIpc) is 3.21. The van der Waals surface area contributed by atoms with Crippen molar-refractivity contribution in [2.45, 2.75) is 42.3 Å². The van der Waals surface area contributed by atoms with Crippen LogP contribution in [0.2, 0.25) is 0 Å². The molecular weight excluding hydrogens is 466 g/mol. The van der Waals surface area contributed by atoms with Crippen molar-refractivity contribution < 1.29 is 26.4 Å². The van der Waals surface area contributed by atoms with Crippen LogP contribution in [0.25, 0.3) is 0 Å². The lowest BCUT2D eigenvalue weighted by atomic mass is 10.1. The minimum atomic E-state index is -3.78. The quantitative estimate of drug-likeness (QED) is 0.677. The van der Waals surface area contributed by atoms with Crippen LogP contribution in [0.3, 0.4) is 0 Å². The van der Waals surface area contributed by atoms with Gasteiger partial charge in [0.2, 0.25) is 20.0 Å². The molecule has 0 spiro atoms. The van der Waals surface area contributed by atoms with Crippen LogP contribution in [0.1, 0.15) is 29.8 Å². The van der Waals surface area contributed by atoms with Gasteiger partial charge in [0.25, 0.3) is 5.91 Å². The van der Waals surface area contributed by atoms with Crippen molar-refractivity contribution >= 4 is 31.6 Å². The van der Waals surface area contributed by atoms with Crippen molar-refractivity contribution in [2.24, 2.45) is 0 Å². The molecule has 2 aliphatic rings. The van der Waals surface area contributed by atoms with Gasteiger partial charge in [0.15, 0.2) is 0 Å². The third kappa shape index (κ3) is 4.56. The van der Waals surface area contributed by atoms with Gasteiger partial charge in [-0.2, -0.15) is 4.31 Å². The fourth-order valence-electron chi connectivity index (χ4n) is 4.30. The van der Waals surface area contributed by atoms with E-state index in [1.807, 2.05) is 13.8 Å². The summed E-state index contributed by atoms with van der Waals surface area (Å²) >= 11 is 0. The third-order valence-corrected chi connectivity index (χ3v) is 9.12. The second-order valence-corrected chi connectivity index (χ2v) is 12.1.